The summed E-state index contributed by atoms with van der Waals surface area (Å²) < 4.78 is 5.63. The van der Waals surface area contributed by atoms with E-state index in [0.29, 0.717) is 23.1 Å². The number of amides is 1. The number of rotatable bonds is 3. The molecule has 3 rings (SSSR count). The number of carbonyl (C=O) groups excluding carboxylic acids is 1. The first-order chi connectivity index (χ1) is 10.6. The van der Waals surface area contributed by atoms with Crippen molar-refractivity contribution in [2.45, 2.75) is 32.6 Å². The van der Waals surface area contributed by atoms with Crippen LogP contribution in [0.1, 0.15) is 38.2 Å². The van der Waals surface area contributed by atoms with E-state index in [1.807, 2.05) is 18.2 Å². The number of hydrogen-bond donors (Lipinski definition) is 1. The summed E-state index contributed by atoms with van der Waals surface area (Å²) in [6.45, 7) is 3.40. The molecule has 0 aromatic heterocycles. The van der Waals surface area contributed by atoms with Crippen molar-refractivity contribution in [3.8, 4) is 5.75 Å². The highest BCUT2D eigenvalue weighted by Gasteiger charge is 2.21. The second-order valence-electron chi connectivity index (χ2n) is 6.48. The van der Waals surface area contributed by atoms with E-state index in [-0.39, 0.29) is 5.91 Å². The fourth-order valence-corrected chi connectivity index (χ4v) is 3.34. The summed E-state index contributed by atoms with van der Waals surface area (Å²) in [5.41, 5.74) is 1.54. The van der Waals surface area contributed by atoms with Crippen LogP contribution >= 0.6 is 11.6 Å². The predicted molar refractivity (Wildman–Crippen MR) is 89.1 cm³/mol. The van der Waals surface area contributed by atoms with Gasteiger partial charge in [-0.3, -0.25) is 4.79 Å². The van der Waals surface area contributed by atoms with Crippen molar-refractivity contribution < 1.29 is 9.53 Å². The van der Waals surface area contributed by atoms with Crippen LogP contribution in [0.5, 0.6) is 5.75 Å². The lowest BCUT2D eigenvalue weighted by atomic mass is 9.83. The van der Waals surface area contributed by atoms with E-state index >= 15 is 0 Å². The van der Waals surface area contributed by atoms with Crippen LogP contribution in [0.4, 0.5) is 0 Å². The van der Waals surface area contributed by atoms with E-state index in [1.165, 1.54) is 25.7 Å². The molecule has 0 atom stereocenters. The van der Waals surface area contributed by atoms with Gasteiger partial charge in [0.1, 0.15) is 12.4 Å². The smallest absolute Gasteiger partial charge is 0.250 e. The quantitative estimate of drug-likeness (QED) is 0.912. The second-order valence-corrected chi connectivity index (χ2v) is 6.91. The maximum absolute atomic E-state index is 12.3. The fourth-order valence-electron chi connectivity index (χ4n) is 3.16. The largest absolute Gasteiger partial charge is 0.488 e. The van der Waals surface area contributed by atoms with Crippen LogP contribution in [-0.2, 0) is 4.79 Å². The molecule has 1 fully saturated rings. The SMILES string of the molecule is CC1CCC(CNC(=O)C2=Cc3cc(Cl)ccc3OC2)CC1. The monoisotopic (exact) mass is 319 g/mol. The van der Waals surface area contributed by atoms with Gasteiger partial charge in [-0.25, -0.2) is 0 Å². The third-order valence-corrected chi connectivity index (χ3v) is 4.90. The first kappa shape index (κ1) is 15.4. The minimum atomic E-state index is -0.0238. The molecule has 1 aliphatic carbocycles. The Hall–Kier alpha value is -1.48. The highest BCUT2D eigenvalue weighted by atomic mass is 35.5. The Morgan fingerprint density at radius 3 is 2.86 bits per heavy atom. The topological polar surface area (TPSA) is 38.3 Å². The van der Waals surface area contributed by atoms with E-state index in [2.05, 4.69) is 12.2 Å². The average molecular weight is 320 g/mol. The summed E-state index contributed by atoms with van der Waals surface area (Å²) in [6.07, 6.45) is 6.87. The van der Waals surface area contributed by atoms with Gasteiger partial charge in [0.15, 0.2) is 0 Å². The molecule has 1 amide bonds. The van der Waals surface area contributed by atoms with E-state index in [1.54, 1.807) is 6.07 Å². The summed E-state index contributed by atoms with van der Waals surface area (Å²) in [4.78, 5) is 12.3. The molecule has 0 spiro atoms. The minimum Gasteiger partial charge on any atom is -0.488 e. The van der Waals surface area contributed by atoms with Gasteiger partial charge in [0.05, 0.1) is 5.57 Å². The molecular formula is C18H22ClNO2. The molecular weight excluding hydrogens is 298 g/mol. The molecule has 2 aliphatic rings. The van der Waals surface area contributed by atoms with Gasteiger partial charge in [-0.1, -0.05) is 31.4 Å². The molecule has 0 bridgehead atoms. The van der Waals surface area contributed by atoms with Crippen LogP contribution in [-0.4, -0.2) is 19.1 Å². The van der Waals surface area contributed by atoms with Crippen LogP contribution < -0.4 is 10.1 Å². The average Bonchev–Trinajstić information content (AvgIpc) is 2.53. The summed E-state index contributed by atoms with van der Waals surface area (Å²) in [5, 5.41) is 3.71. The summed E-state index contributed by atoms with van der Waals surface area (Å²) in [6, 6.07) is 5.46. The molecule has 22 heavy (non-hydrogen) atoms. The molecule has 118 valence electrons. The lowest BCUT2D eigenvalue weighted by Gasteiger charge is -2.26. The normalized spacial score (nSPS) is 24.0. The van der Waals surface area contributed by atoms with Crippen molar-refractivity contribution in [2.75, 3.05) is 13.2 Å². The predicted octanol–water partition coefficient (Wildman–Crippen LogP) is 4.06. The van der Waals surface area contributed by atoms with Crippen molar-refractivity contribution in [1.29, 1.82) is 0 Å². The zero-order valence-electron chi connectivity index (χ0n) is 12.9. The standard InChI is InChI=1S/C18H22ClNO2/c1-12-2-4-13(5-3-12)10-20-18(21)15-8-14-9-16(19)6-7-17(14)22-11-15/h6-9,12-13H,2-5,10-11H2,1H3,(H,20,21). The van der Waals surface area contributed by atoms with Gasteiger partial charge in [0.25, 0.3) is 5.91 Å². The van der Waals surface area contributed by atoms with Crippen LogP contribution in [0.25, 0.3) is 6.08 Å². The Labute approximate surface area is 136 Å². The van der Waals surface area contributed by atoms with Crippen molar-refractivity contribution in [3.63, 3.8) is 0 Å². The number of ether oxygens (including phenoxy) is 1. The van der Waals surface area contributed by atoms with Gasteiger partial charge in [-0.15, -0.1) is 0 Å². The van der Waals surface area contributed by atoms with Crippen LogP contribution in [0.3, 0.4) is 0 Å². The van der Waals surface area contributed by atoms with Gasteiger partial charge < -0.3 is 10.1 Å². The van der Waals surface area contributed by atoms with Crippen LogP contribution in [0.2, 0.25) is 5.02 Å². The number of benzene rings is 1. The Kier molecular flexibility index (Phi) is 4.72. The first-order valence-electron chi connectivity index (χ1n) is 8.03. The molecule has 1 heterocycles. The fraction of sp³-hybridized carbons (Fsp3) is 0.500. The van der Waals surface area contributed by atoms with Crippen molar-refractivity contribution in [3.05, 3.63) is 34.4 Å². The van der Waals surface area contributed by atoms with E-state index in [0.717, 1.165) is 23.8 Å². The molecule has 4 heteroatoms. The maximum Gasteiger partial charge on any atom is 0.250 e. The van der Waals surface area contributed by atoms with E-state index in [9.17, 15) is 4.79 Å². The minimum absolute atomic E-state index is 0.0238. The molecule has 0 unspecified atom stereocenters. The van der Waals surface area contributed by atoms with Gasteiger partial charge in [-0.05, 0) is 49.0 Å². The Bertz CT molecular complexity index is 589. The molecule has 0 radical (unpaired) electrons. The van der Waals surface area contributed by atoms with Crippen molar-refractivity contribution in [1.82, 2.24) is 5.32 Å². The van der Waals surface area contributed by atoms with Crippen LogP contribution in [0, 0.1) is 11.8 Å². The highest BCUT2D eigenvalue weighted by molar-refractivity contribution is 6.30. The van der Waals surface area contributed by atoms with E-state index in [4.69, 9.17) is 16.3 Å². The molecule has 3 nitrogen and oxygen atoms in total. The Morgan fingerprint density at radius 1 is 1.32 bits per heavy atom. The third kappa shape index (κ3) is 3.64. The molecule has 1 aromatic carbocycles. The number of hydrogen-bond acceptors (Lipinski definition) is 2. The summed E-state index contributed by atoms with van der Waals surface area (Å²) >= 11 is 5.99. The van der Waals surface area contributed by atoms with Crippen molar-refractivity contribution in [2.24, 2.45) is 11.8 Å². The molecule has 1 aromatic rings. The second kappa shape index (κ2) is 6.74. The lowest BCUT2D eigenvalue weighted by Crippen LogP contribution is -2.33. The molecule has 1 aliphatic heterocycles. The molecule has 1 N–H and O–H groups in total. The number of carbonyl (C=O) groups is 1. The zero-order chi connectivity index (χ0) is 15.5. The third-order valence-electron chi connectivity index (χ3n) is 4.66. The molecule has 0 saturated heterocycles. The lowest BCUT2D eigenvalue weighted by molar-refractivity contribution is -0.118. The molecule has 1 saturated carbocycles. The van der Waals surface area contributed by atoms with Gasteiger partial charge >= 0.3 is 0 Å². The first-order valence-corrected chi connectivity index (χ1v) is 8.40. The number of halogens is 1. The zero-order valence-corrected chi connectivity index (χ0v) is 13.7. The summed E-state index contributed by atoms with van der Waals surface area (Å²) in [5.74, 6) is 2.21. The number of fused-ring (bicyclic) bond motifs is 1. The van der Waals surface area contributed by atoms with Crippen molar-refractivity contribution >= 4 is 23.6 Å². The van der Waals surface area contributed by atoms with Gasteiger partial charge in [-0.2, -0.15) is 0 Å². The maximum atomic E-state index is 12.3. The number of nitrogens with one attached hydrogen (secondary N) is 1. The Morgan fingerprint density at radius 2 is 2.09 bits per heavy atom. The summed E-state index contributed by atoms with van der Waals surface area (Å²) in [7, 11) is 0. The highest BCUT2D eigenvalue weighted by Crippen LogP contribution is 2.30. The van der Waals surface area contributed by atoms with E-state index < -0.39 is 0 Å². The Balaban J connectivity index is 1.59. The van der Waals surface area contributed by atoms with Crippen LogP contribution in [0.15, 0.2) is 23.8 Å². The van der Waals surface area contributed by atoms with Gasteiger partial charge in [0, 0.05) is 17.1 Å². The van der Waals surface area contributed by atoms with Gasteiger partial charge in [0.2, 0.25) is 0 Å².